The van der Waals surface area contributed by atoms with Crippen molar-refractivity contribution in [1.82, 2.24) is 19.5 Å². The second-order valence-electron chi connectivity index (χ2n) is 10.4. The van der Waals surface area contributed by atoms with Crippen molar-refractivity contribution in [2.75, 3.05) is 39.6 Å². The van der Waals surface area contributed by atoms with E-state index < -0.39 is 0 Å². The highest BCUT2D eigenvalue weighted by molar-refractivity contribution is 6.30. The van der Waals surface area contributed by atoms with E-state index in [-0.39, 0.29) is 0 Å². The number of hydrogen-bond donors (Lipinski definition) is 1. The van der Waals surface area contributed by atoms with E-state index in [9.17, 15) is 0 Å². The van der Waals surface area contributed by atoms with Crippen molar-refractivity contribution in [3.63, 3.8) is 0 Å². The van der Waals surface area contributed by atoms with Crippen molar-refractivity contribution in [1.29, 1.82) is 0 Å². The van der Waals surface area contributed by atoms with E-state index >= 15 is 0 Å². The number of fused-ring (bicyclic) bond motifs is 1. The van der Waals surface area contributed by atoms with Gasteiger partial charge in [0.05, 0.1) is 19.9 Å². The third-order valence-electron chi connectivity index (χ3n) is 7.79. The molecule has 0 saturated carbocycles. The smallest absolute Gasteiger partial charge is 0.169 e. The zero-order valence-electron chi connectivity index (χ0n) is 23.8. The number of halogens is 1. The van der Waals surface area contributed by atoms with Gasteiger partial charge in [0.2, 0.25) is 0 Å². The van der Waals surface area contributed by atoms with Crippen LogP contribution < -0.4 is 19.9 Å². The summed E-state index contributed by atoms with van der Waals surface area (Å²) in [6, 6.07) is 21.3. The lowest BCUT2D eigenvalue weighted by Crippen LogP contribution is -2.20. The molecule has 0 spiro atoms. The summed E-state index contributed by atoms with van der Waals surface area (Å²) >= 11 is 6.06. The maximum atomic E-state index is 6.58. The minimum Gasteiger partial charge on any atom is -0.497 e. The Morgan fingerprint density at radius 1 is 0.881 bits per heavy atom. The fourth-order valence-electron chi connectivity index (χ4n) is 5.80. The third kappa shape index (κ3) is 5.60. The molecule has 1 aliphatic rings. The van der Waals surface area contributed by atoms with Gasteiger partial charge in [-0.3, -0.25) is 0 Å². The Kier molecular flexibility index (Phi) is 8.17. The molecule has 1 aliphatic heterocycles. The SMILES string of the molecule is COc1cccc(-c2c(CCCN3CCCC3)c(-c3ccc(Oc4ccc(Cl)cc4)c(OC)c3)c3c(N)ncnn23)c1. The van der Waals surface area contributed by atoms with E-state index in [4.69, 9.17) is 36.6 Å². The van der Waals surface area contributed by atoms with Gasteiger partial charge in [0.25, 0.3) is 0 Å². The molecule has 8 nitrogen and oxygen atoms in total. The summed E-state index contributed by atoms with van der Waals surface area (Å²) < 4.78 is 19.5. The van der Waals surface area contributed by atoms with Gasteiger partial charge in [-0.1, -0.05) is 29.8 Å². The molecule has 0 radical (unpaired) electrons. The van der Waals surface area contributed by atoms with Gasteiger partial charge < -0.3 is 24.8 Å². The number of anilines is 1. The number of rotatable bonds is 10. The van der Waals surface area contributed by atoms with Crippen LogP contribution >= 0.6 is 11.6 Å². The molecule has 0 unspecified atom stereocenters. The van der Waals surface area contributed by atoms with Crippen LogP contribution in [0.5, 0.6) is 23.0 Å². The molecule has 1 fully saturated rings. The van der Waals surface area contributed by atoms with Crippen molar-refractivity contribution in [3.05, 3.63) is 83.6 Å². The molecule has 3 heterocycles. The Morgan fingerprint density at radius 2 is 1.69 bits per heavy atom. The summed E-state index contributed by atoms with van der Waals surface area (Å²) in [4.78, 5) is 6.93. The first-order valence-electron chi connectivity index (χ1n) is 14.2. The highest BCUT2D eigenvalue weighted by Gasteiger charge is 2.25. The summed E-state index contributed by atoms with van der Waals surface area (Å²) in [6.07, 6.45) is 5.89. The van der Waals surface area contributed by atoms with Gasteiger partial charge >= 0.3 is 0 Å². The van der Waals surface area contributed by atoms with Gasteiger partial charge in [-0.15, -0.1) is 0 Å². The van der Waals surface area contributed by atoms with Crippen LogP contribution in [-0.2, 0) is 6.42 Å². The van der Waals surface area contributed by atoms with Crippen molar-refractivity contribution >= 4 is 22.9 Å². The Bertz CT molecular complexity index is 1700. The van der Waals surface area contributed by atoms with Crippen LogP contribution in [0.3, 0.4) is 0 Å². The molecule has 0 aliphatic carbocycles. The molecular formula is C33H34ClN5O3. The Morgan fingerprint density at radius 3 is 2.45 bits per heavy atom. The van der Waals surface area contributed by atoms with Gasteiger partial charge in [-0.2, -0.15) is 5.10 Å². The van der Waals surface area contributed by atoms with E-state index in [1.807, 2.05) is 53.0 Å². The van der Waals surface area contributed by atoms with Crippen LogP contribution in [-0.4, -0.2) is 53.4 Å². The first kappa shape index (κ1) is 27.9. The highest BCUT2D eigenvalue weighted by atomic mass is 35.5. The lowest BCUT2D eigenvalue weighted by atomic mass is 9.95. The van der Waals surface area contributed by atoms with Gasteiger partial charge in [0.1, 0.15) is 23.3 Å². The van der Waals surface area contributed by atoms with Crippen molar-refractivity contribution in [3.8, 4) is 45.4 Å². The van der Waals surface area contributed by atoms with Gasteiger partial charge in [0.15, 0.2) is 17.3 Å². The topological polar surface area (TPSA) is 87.1 Å². The summed E-state index contributed by atoms with van der Waals surface area (Å²) in [6.45, 7) is 3.37. The largest absolute Gasteiger partial charge is 0.497 e. The second-order valence-corrected chi connectivity index (χ2v) is 10.9. The van der Waals surface area contributed by atoms with Crippen LogP contribution in [0.1, 0.15) is 24.8 Å². The van der Waals surface area contributed by atoms with Crippen LogP contribution in [0.15, 0.2) is 73.1 Å². The molecule has 0 bridgehead atoms. The molecule has 5 aromatic rings. The molecule has 216 valence electrons. The number of nitrogens with two attached hydrogens (primary N) is 1. The molecule has 3 aromatic carbocycles. The van der Waals surface area contributed by atoms with Gasteiger partial charge in [0, 0.05) is 16.1 Å². The summed E-state index contributed by atoms with van der Waals surface area (Å²) in [7, 11) is 3.32. The highest BCUT2D eigenvalue weighted by Crippen LogP contribution is 2.44. The zero-order chi connectivity index (χ0) is 29.1. The molecular weight excluding hydrogens is 550 g/mol. The van der Waals surface area contributed by atoms with E-state index in [0.717, 1.165) is 71.7 Å². The lowest BCUT2D eigenvalue weighted by Gasteiger charge is -2.16. The molecule has 1 saturated heterocycles. The average molecular weight is 584 g/mol. The molecule has 6 rings (SSSR count). The van der Waals surface area contributed by atoms with Crippen molar-refractivity contribution in [2.45, 2.75) is 25.7 Å². The maximum Gasteiger partial charge on any atom is 0.169 e. The number of benzene rings is 3. The Labute approximate surface area is 250 Å². The molecule has 0 atom stereocenters. The number of ether oxygens (including phenoxy) is 3. The molecule has 9 heteroatoms. The van der Waals surface area contributed by atoms with Crippen LogP contribution in [0, 0.1) is 0 Å². The summed E-state index contributed by atoms with van der Waals surface area (Å²) in [5.74, 6) is 3.05. The fourth-order valence-corrected chi connectivity index (χ4v) is 5.93. The summed E-state index contributed by atoms with van der Waals surface area (Å²) in [5.41, 5.74) is 12.4. The average Bonchev–Trinajstić information content (AvgIpc) is 3.65. The number of nitrogens with zero attached hydrogens (tertiary/aromatic N) is 4. The second kappa shape index (κ2) is 12.3. The third-order valence-corrected chi connectivity index (χ3v) is 8.04. The first-order valence-corrected chi connectivity index (χ1v) is 14.6. The first-order chi connectivity index (χ1) is 20.6. The van der Waals surface area contributed by atoms with Crippen LogP contribution in [0.2, 0.25) is 5.02 Å². The maximum absolute atomic E-state index is 6.58. The fraction of sp³-hybridized carbons (Fsp3) is 0.273. The number of nitrogen functional groups attached to an aromatic ring is 1. The van der Waals surface area contributed by atoms with Gasteiger partial charge in [-0.05, 0) is 105 Å². The molecule has 42 heavy (non-hydrogen) atoms. The number of methoxy groups -OCH3 is 2. The predicted molar refractivity (Wildman–Crippen MR) is 167 cm³/mol. The van der Waals surface area contributed by atoms with E-state index in [0.29, 0.717) is 28.1 Å². The number of hydrogen-bond acceptors (Lipinski definition) is 7. The normalized spacial score (nSPS) is 13.5. The number of likely N-dealkylation sites (tertiary alicyclic amines) is 1. The van der Waals surface area contributed by atoms with Crippen LogP contribution in [0.4, 0.5) is 5.82 Å². The van der Waals surface area contributed by atoms with Crippen molar-refractivity contribution < 1.29 is 14.2 Å². The predicted octanol–water partition coefficient (Wildman–Crippen LogP) is 7.14. The number of aromatic nitrogens is 3. The van der Waals surface area contributed by atoms with Gasteiger partial charge in [-0.25, -0.2) is 9.50 Å². The quantitative estimate of drug-likeness (QED) is 0.187. The lowest BCUT2D eigenvalue weighted by molar-refractivity contribution is 0.334. The monoisotopic (exact) mass is 583 g/mol. The van der Waals surface area contributed by atoms with Crippen LogP contribution in [0.25, 0.3) is 27.9 Å². The van der Waals surface area contributed by atoms with E-state index in [1.165, 1.54) is 19.2 Å². The Hall–Kier alpha value is -4.27. The standard InChI is InChI=1S/C33H34ClN5O3/c1-40-26-8-5-7-23(19-26)31-27(9-6-18-38-16-3-4-17-38)30(32-33(35)36-21-37-39(31)32)22-10-15-28(29(20-22)41-2)42-25-13-11-24(34)12-14-25/h5,7-8,10-15,19-21H,3-4,6,9,16-18H2,1-2H3,(H2,35,36,37). The zero-order valence-corrected chi connectivity index (χ0v) is 24.6. The minimum absolute atomic E-state index is 0.412. The summed E-state index contributed by atoms with van der Waals surface area (Å²) in [5, 5.41) is 5.34. The van der Waals surface area contributed by atoms with E-state index in [2.05, 4.69) is 16.0 Å². The molecule has 2 aromatic heterocycles. The molecule has 2 N–H and O–H groups in total. The minimum atomic E-state index is 0.412. The molecule has 0 amide bonds. The van der Waals surface area contributed by atoms with E-state index in [1.54, 1.807) is 26.4 Å². The van der Waals surface area contributed by atoms with Crippen molar-refractivity contribution in [2.24, 2.45) is 0 Å². The Balaban J connectivity index is 1.49.